The number of nitro groups is 1. The van der Waals surface area contributed by atoms with Gasteiger partial charge in [0.2, 0.25) is 11.7 Å². The predicted molar refractivity (Wildman–Crippen MR) is 69.9 cm³/mol. The van der Waals surface area contributed by atoms with Crippen molar-refractivity contribution in [2.45, 2.75) is 31.2 Å². The fourth-order valence-corrected chi connectivity index (χ4v) is 2.38. The van der Waals surface area contributed by atoms with Crippen molar-refractivity contribution in [3.05, 3.63) is 22.2 Å². The Kier molecular flexibility index (Phi) is 3.73. The van der Waals surface area contributed by atoms with Gasteiger partial charge in [-0.2, -0.15) is 4.98 Å². The number of aliphatic carboxylic acids is 1. The first-order valence-electron chi connectivity index (χ1n) is 6.19. The van der Waals surface area contributed by atoms with Crippen molar-refractivity contribution in [3.8, 4) is 5.88 Å². The van der Waals surface area contributed by atoms with Gasteiger partial charge in [0.1, 0.15) is 5.54 Å². The molecule has 1 aliphatic rings. The molecule has 1 heterocycles. The summed E-state index contributed by atoms with van der Waals surface area (Å²) in [4.78, 5) is 25.8. The minimum Gasteiger partial charge on any atom is -0.481 e. The van der Waals surface area contributed by atoms with E-state index < -0.39 is 16.4 Å². The lowest BCUT2D eigenvalue weighted by atomic mass is 9.98. The summed E-state index contributed by atoms with van der Waals surface area (Å²) in [6.45, 7) is 0. The van der Waals surface area contributed by atoms with Crippen molar-refractivity contribution in [3.63, 3.8) is 0 Å². The van der Waals surface area contributed by atoms with E-state index in [1.165, 1.54) is 19.2 Å². The zero-order valence-corrected chi connectivity index (χ0v) is 11.0. The third kappa shape index (κ3) is 2.49. The van der Waals surface area contributed by atoms with Crippen LogP contribution in [0.3, 0.4) is 0 Å². The number of pyridine rings is 1. The molecule has 8 nitrogen and oxygen atoms in total. The Labute approximate surface area is 114 Å². The fraction of sp³-hybridized carbons (Fsp3) is 0.500. The minimum atomic E-state index is -1.19. The highest BCUT2D eigenvalue weighted by atomic mass is 16.6. The van der Waals surface area contributed by atoms with Crippen LogP contribution in [0.5, 0.6) is 5.88 Å². The smallest absolute Gasteiger partial charge is 0.329 e. The second-order valence-electron chi connectivity index (χ2n) is 4.70. The van der Waals surface area contributed by atoms with Gasteiger partial charge < -0.3 is 15.2 Å². The van der Waals surface area contributed by atoms with Gasteiger partial charge in [0, 0.05) is 12.1 Å². The predicted octanol–water partition coefficient (Wildman–Crippen LogP) is 1.81. The molecule has 20 heavy (non-hydrogen) atoms. The second kappa shape index (κ2) is 5.32. The van der Waals surface area contributed by atoms with Crippen LogP contribution in [-0.2, 0) is 4.79 Å². The second-order valence-corrected chi connectivity index (χ2v) is 4.70. The van der Waals surface area contributed by atoms with Gasteiger partial charge in [0.15, 0.2) is 0 Å². The van der Waals surface area contributed by atoms with Crippen LogP contribution in [0.4, 0.5) is 11.5 Å². The first-order chi connectivity index (χ1) is 9.48. The molecule has 1 fully saturated rings. The Balaban J connectivity index is 2.40. The third-order valence-corrected chi connectivity index (χ3v) is 3.48. The van der Waals surface area contributed by atoms with Crippen LogP contribution in [0.25, 0.3) is 0 Å². The number of hydrogen-bond acceptors (Lipinski definition) is 6. The number of ether oxygens (including phenoxy) is 1. The Morgan fingerprint density at radius 2 is 2.15 bits per heavy atom. The van der Waals surface area contributed by atoms with Crippen molar-refractivity contribution >= 4 is 17.5 Å². The molecule has 0 aromatic carbocycles. The lowest BCUT2D eigenvalue weighted by Gasteiger charge is -2.25. The zero-order valence-electron chi connectivity index (χ0n) is 11.0. The average Bonchev–Trinajstić information content (AvgIpc) is 2.88. The number of aromatic nitrogens is 1. The number of hydrogen-bond donors (Lipinski definition) is 2. The Morgan fingerprint density at radius 3 is 2.65 bits per heavy atom. The minimum absolute atomic E-state index is 0.0707. The van der Waals surface area contributed by atoms with Crippen LogP contribution < -0.4 is 10.1 Å². The lowest BCUT2D eigenvalue weighted by molar-refractivity contribution is -0.384. The van der Waals surface area contributed by atoms with E-state index in [-0.39, 0.29) is 17.4 Å². The van der Waals surface area contributed by atoms with Gasteiger partial charge in [-0.1, -0.05) is 12.8 Å². The number of methoxy groups -OCH3 is 1. The van der Waals surface area contributed by atoms with E-state index in [0.717, 1.165) is 12.8 Å². The van der Waals surface area contributed by atoms with Crippen LogP contribution >= 0.6 is 0 Å². The Morgan fingerprint density at radius 1 is 1.50 bits per heavy atom. The van der Waals surface area contributed by atoms with E-state index in [2.05, 4.69) is 10.3 Å². The van der Waals surface area contributed by atoms with Gasteiger partial charge in [-0.15, -0.1) is 0 Å². The summed E-state index contributed by atoms with van der Waals surface area (Å²) in [5.74, 6) is -0.899. The van der Waals surface area contributed by atoms with E-state index in [4.69, 9.17) is 4.74 Å². The molecule has 0 radical (unpaired) electrons. The van der Waals surface area contributed by atoms with Crippen molar-refractivity contribution < 1.29 is 19.6 Å². The molecule has 1 aliphatic carbocycles. The lowest BCUT2D eigenvalue weighted by Crippen LogP contribution is -2.44. The highest BCUT2D eigenvalue weighted by Crippen LogP contribution is 2.36. The molecule has 0 amide bonds. The molecule has 1 saturated carbocycles. The summed E-state index contributed by atoms with van der Waals surface area (Å²) in [7, 11) is 1.39. The van der Waals surface area contributed by atoms with Crippen LogP contribution in [0.1, 0.15) is 25.7 Å². The van der Waals surface area contributed by atoms with Crippen LogP contribution in [0, 0.1) is 10.1 Å². The van der Waals surface area contributed by atoms with Gasteiger partial charge >= 0.3 is 11.7 Å². The third-order valence-electron chi connectivity index (χ3n) is 3.48. The van der Waals surface area contributed by atoms with E-state index in [0.29, 0.717) is 12.8 Å². The van der Waals surface area contributed by atoms with Gasteiger partial charge in [-0.3, -0.25) is 10.1 Å². The van der Waals surface area contributed by atoms with E-state index in [1.54, 1.807) is 0 Å². The summed E-state index contributed by atoms with van der Waals surface area (Å²) in [6.07, 6.45) is 2.35. The fourth-order valence-electron chi connectivity index (χ4n) is 2.38. The number of rotatable bonds is 5. The molecule has 0 atom stereocenters. The molecule has 0 aliphatic heterocycles. The Bertz CT molecular complexity index is 540. The quantitative estimate of drug-likeness (QED) is 0.624. The first-order valence-corrected chi connectivity index (χ1v) is 6.19. The molecule has 108 valence electrons. The molecule has 1 aromatic heterocycles. The summed E-state index contributed by atoms with van der Waals surface area (Å²) in [5.41, 5.74) is -1.46. The number of carboxylic acids is 1. The number of anilines is 1. The number of nitrogens with zero attached hydrogens (tertiary/aromatic N) is 2. The van der Waals surface area contributed by atoms with Crippen molar-refractivity contribution in [1.29, 1.82) is 0 Å². The summed E-state index contributed by atoms with van der Waals surface area (Å²) in [5, 5.41) is 23.1. The highest BCUT2D eigenvalue weighted by Gasteiger charge is 2.43. The molecule has 2 N–H and O–H groups in total. The van der Waals surface area contributed by atoms with Crippen molar-refractivity contribution in [1.82, 2.24) is 4.98 Å². The first kappa shape index (κ1) is 14.0. The molecular weight excluding hydrogens is 266 g/mol. The average molecular weight is 281 g/mol. The molecule has 0 spiro atoms. The largest absolute Gasteiger partial charge is 0.481 e. The maximum atomic E-state index is 11.5. The van der Waals surface area contributed by atoms with Crippen LogP contribution in [0.15, 0.2) is 12.1 Å². The van der Waals surface area contributed by atoms with E-state index >= 15 is 0 Å². The maximum Gasteiger partial charge on any atom is 0.329 e. The van der Waals surface area contributed by atoms with Gasteiger partial charge in [-0.25, -0.2) is 4.79 Å². The number of carbonyl (C=O) groups is 1. The molecule has 2 rings (SSSR count). The normalized spacial score (nSPS) is 16.6. The van der Waals surface area contributed by atoms with Gasteiger partial charge in [-0.05, 0) is 12.8 Å². The standard InChI is InChI=1S/C12H15N3O5/c1-20-9-5-4-8(15(18)19)10(13-9)14-12(11(16)17)6-2-3-7-12/h4-5H,2-3,6-7H2,1H3,(H,13,14)(H,16,17). The van der Waals surface area contributed by atoms with Crippen molar-refractivity contribution in [2.75, 3.05) is 12.4 Å². The van der Waals surface area contributed by atoms with Gasteiger partial charge in [0.25, 0.3) is 0 Å². The number of carboxylic acid groups (broad SMARTS) is 1. The highest BCUT2D eigenvalue weighted by molar-refractivity contribution is 5.83. The van der Waals surface area contributed by atoms with Crippen LogP contribution in [-0.4, -0.2) is 33.6 Å². The number of nitrogens with one attached hydrogen (secondary N) is 1. The van der Waals surface area contributed by atoms with Crippen molar-refractivity contribution in [2.24, 2.45) is 0 Å². The summed E-state index contributed by atoms with van der Waals surface area (Å²) in [6, 6.07) is 2.62. The molecule has 0 unspecified atom stereocenters. The zero-order chi connectivity index (χ0) is 14.8. The maximum absolute atomic E-state index is 11.5. The topological polar surface area (TPSA) is 115 Å². The van der Waals surface area contributed by atoms with E-state index in [9.17, 15) is 20.0 Å². The van der Waals surface area contributed by atoms with E-state index in [1.807, 2.05) is 0 Å². The monoisotopic (exact) mass is 281 g/mol. The Hall–Kier alpha value is -2.38. The molecular formula is C12H15N3O5. The molecule has 1 aromatic rings. The van der Waals surface area contributed by atoms with Gasteiger partial charge in [0.05, 0.1) is 12.0 Å². The molecule has 0 bridgehead atoms. The summed E-state index contributed by atoms with van der Waals surface area (Å²) < 4.78 is 4.93. The summed E-state index contributed by atoms with van der Waals surface area (Å²) >= 11 is 0. The molecule has 8 heteroatoms. The molecule has 0 saturated heterocycles. The SMILES string of the molecule is COc1ccc([N+](=O)[O-])c(NC2(C(=O)O)CCCC2)n1. The van der Waals surface area contributed by atoms with Crippen LogP contribution in [0.2, 0.25) is 0 Å².